The average Bonchev–Trinajstić information content (AvgIpc) is 2.86. The van der Waals surface area contributed by atoms with Gasteiger partial charge in [-0.2, -0.15) is 0 Å². The van der Waals surface area contributed by atoms with Crippen LogP contribution in [-0.2, 0) is 0 Å². The van der Waals surface area contributed by atoms with Gasteiger partial charge in [0.2, 0.25) is 0 Å². The van der Waals surface area contributed by atoms with E-state index < -0.39 is 0 Å². The molecule has 0 saturated carbocycles. The highest BCUT2D eigenvalue weighted by molar-refractivity contribution is 14.1. The van der Waals surface area contributed by atoms with E-state index in [1.54, 1.807) is 0 Å². The molecule has 0 fully saturated rings. The lowest BCUT2D eigenvalue weighted by Gasteiger charge is -2.16. The third-order valence-corrected chi connectivity index (χ3v) is 10.5. The lowest BCUT2D eigenvalue weighted by molar-refractivity contribution is 1.36. The number of halogens is 4. The van der Waals surface area contributed by atoms with Gasteiger partial charge in [-0.1, -0.05) is 72.1 Å². The van der Waals surface area contributed by atoms with Crippen LogP contribution in [0.15, 0.2) is 86.2 Å². The second-order valence-electron chi connectivity index (χ2n) is 10.2. The summed E-state index contributed by atoms with van der Waals surface area (Å²) in [6.07, 6.45) is 0. The van der Waals surface area contributed by atoms with Crippen LogP contribution in [0.2, 0.25) is 0 Å². The summed E-state index contributed by atoms with van der Waals surface area (Å²) >= 11 is 14.2. The van der Waals surface area contributed by atoms with Crippen LogP contribution in [0.4, 0.5) is 0 Å². The fourth-order valence-electron chi connectivity index (χ4n) is 5.22. The molecule has 0 aliphatic rings. The molecule has 38 heavy (non-hydrogen) atoms. The van der Waals surface area contributed by atoms with Crippen LogP contribution in [0.5, 0.6) is 0 Å². The fourth-order valence-corrected chi connectivity index (χ4v) is 7.69. The zero-order valence-electron chi connectivity index (χ0n) is 21.4. The van der Waals surface area contributed by atoms with Crippen LogP contribution >= 0.6 is 70.4 Å². The van der Waals surface area contributed by atoms with Gasteiger partial charge in [0.25, 0.3) is 0 Å². The molecule has 0 unspecified atom stereocenters. The first kappa shape index (κ1) is 26.5. The maximum Gasteiger partial charge on any atom is 0.0261 e. The van der Waals surface area contributed by atoms with Gasteiger partial charge in [0.15, 0.2) is 0 Å². The Kier molecular flexibility index (Phi) is 6.99. The van der Waals surface area contributed by atoms with Crippen molar-refractivity contribution in [2.75, 3.05) is 0 Å². The largest absolute Gasteiger partial charge is 0.0512 e. The topological polar surface area (TPSA) is 0 Å². The van der Waals surface area contributed by atoms with Crippen LogP contribution in [0, 0.1) is 31.3 Å². The summed E-state index contributed by atoms with van der Waals surface area (Å²) in [6, 6.07) is 27.4. The van der Waals surface area contributed by atoms with E-state index in [9.17, 15) is 0 Å². The monoisotopic (exact) mass is 796 g/mol. The molecule has 0 aliphatic carbocycles. The van der Waals surface area contributed by atoms with Gasteiger partial charge in [-0.3, -0.25) is 0 Å². The number of hydrogen-bond donors (Lipinski definition) is 0. The molecule has 0 bridgehead atoms. The molecule has 0 atom stereocenters. The minimum Gasteiger partial charge on any atom is -0.0512 e. The Morgan fingerprint density at radius 2 is 0.684 bits per heavy atom. The van der Waals surface area contributed by atoms with Crippen molar-refractivity contribution in [3.63, 3.8) is 0 Å². The smallest absolute Gasteiger partial charge is 0.0261 e. The van der Waals surface area contributed by atoms with Crippen LogP contribution < -0.4 is 0 Å². The molecule has 0 radical (unpaired) electrons. The van der Waals surface area contributed by atoms with Gasteiger partial charge >= 0.3 is 0 Å². The molecule has 188 valence electrons. The summed E-state index contributed by atoms with van der Waals surface area (Å²) in [4.78, 5) is 0. The molecule has 0 saturated heterocycles. The summed E-state index contributed by atoms with van der Waals surface area (Å²) in [5.41, 5.74) is 10.0. The number of rotatable bonds is 2. The van der Waals surface area contributed by atoms with Crippen LogP contribution in [0.1, 0.15) is 22.3 Å². The summed E-state index contributed by atoms with van der Waals surface area (Å²) in [7, 11) is 0. The lowest BCUT2D eigenvalue weighted by Crippen LogP contribution is -1.91. The SMILES string of the molecule is Cc1cc2cc(Br)c(-c3cc(Br)c(-c4cc5cc6cc(C)c(C)cc6cc5cc4I)cc3Br)cc2cc1C. The van der Waals surface area contributed by atoms with Crippen molar-refractivity contribution in [3.05, 3.63) is 112 Å². The molecule has 0 heterocycles. The number of hydrogen-bond acceptors (Lipinski definition) is 0. The lowest BCUT2D eigenvalue weighted by atomic mass is 9.94. The highest BCUT2D eigenvalue weighted by Crippen LogP contribution is 2.43. The van der Waals surface area contributed by atoms with Gasteiger partial charge in [0, 0.05) is 17.0 Å². The number of aryl methyl sites for hydroxylation is 4. The van der Waals surface area contributed by atoms with E-state index in [1.807, 2.05) is 0 Å². The molecule has 0 aromatic heterocycles. The summed E-state index contributed by atoms with van der Waals surface area (Å²) in [5.74, 6) is 0. The second kappa shape index (κ2) is 10.0. The average molecular weight is 799 g/mol. The molecule has 6 rings (SSSR count). The van der Waals surface area contributed by atoms with E-state index in [4.69, 9.17) is 0 Å². The van der Waals surface area contributed by atoms with Gasteiger partial charge in [-0.25, -0.2) is 0 Å². The Morgan fingerprint density at radius 1 is 0.368 bits per heavy atom. The van der Waals surface area contributed by atoms with E-state index in [2.05, 4.69) is 171 Å². The minimum absolute atomic E-state index is 1.07. The number of benzene rings is 6. The van der Waals surface area contributed by atoms with Gasteiger partial charge in [0.05, 0.1) is 0 Å². The molecule has 0 aliphatic heterocycles. The highest BCUT2D eigenvalue weighted by atomic mass is 127. The van der Waals surface area contributed by atoms with Crippen LogP contribution in [-0.4, -0.2) is 0 Å². The predicted octanol–water partition coefficient (Wildman–Crippen LogP) is 12.6. The Balaban J connectivity index is 1.50. The molecule has 0 spiro atoms. The molecule has 6 aromatic carbocycles. The molecular weight excluding hydrogens is 775 g/mol. The molecule has 4 heteroatoms. The van der Waals surface area contributed by atoms with E-state index in [-0.39, 0.29) is 0 Å². The zero-order valence-corrected chi connectivity index (χ0v) is 28.4. The fraction of sp³-hybridized carbons (Fsp3) is 0.118. The van der Waals surface area contributed by atoms with Gasteiger partial charge < -0.3 is 0 Å². The van der Waals surface area contributed by atoms with E-state index in [1.165, 1.54) is 74.8 Å². The quantitative estimate of drug-likeness (QED) is 0.121. The van der Waals surface area contributed by atoms with Crippen molar-refractivity contribution < 1.29 is 0 Å². The molecule has 6 aromatic rings. The normalized spacial score (nSPS) is 11.7. The van der Waals surface area contributed by atoms with Gasteiger partial charge in [0.1, 0.15) is 0 Å². The zero-order chi connectivity index (χ0) is 26.9. The van der Waals surface area contributed by atoms with Gasteiger partial charge in [-0.15, -0.1) is 0 Å². The minimum atomic E-state index is 1.07. The maximum absolute atomic E-state index is 3.93. The summed E-state index contributed by atoms with van der Waals surface area (Å²) in [6.45, 7) is 8.71. The molecule has 0 amide bonds. The molecular formula is C34H24Br3I. The standard InChI is InChI=1S/C34H24Br3I/c1-17-5-21-9-25-12-30(34(38)14-26(25)10-22(21)6-18(17)2)29-16-32(36)28(15-33(29)37)27-11-23-7-19(3)20(4)8-24(23)13-31(27)35/h5-16H,1-4H3. The van der Waals surface area contributed by atoms with Gasteiger partial charge in [-0.05, 0) is 176 Å². The van der Waals surface area contributed by atoms with Crippen molar-refractivity contribution in [1.29, 1.82) is 0 Å². The third kappa shape index (κ3) is 4.66. The highest BCUT2D eigenvalue weighted by Gasteiger charge is 2.16. The number of fused-ring (bicyclic) bond motifs is 3. The van der Waals surface area contributed by atoms with Crippen molar-refractivity contribution >= 4 is 103 Å². The maximum atomic E-state index is 3.93. The van der Waals surface area contributed by atoms with Crippen molar-refractivity contribution in [3.8, 4) is 22.3 Å². The molecule has 0 N–H and O–H groups in total. The van der Waals surface area contributed by atoms with Crippen molar-refractivity contribution in [2.24, 2.45) is 0 Å². The summed E-state index contributed by atoms with van der Waals surface area (Å²) in [5, 5.41) is 7.61. The predicted molar refractivity (Wildman–Crippen MR) is 185 cm³/mol. The second-order valence-corrected chi connectivity index (χ2v) is 14.0. The third-order valence-electron chi connectivity index (χ3n) is 7.67. The Morgan fingerprint density at radius 3 is 1.21 bits per heavy atom. The van der Waals surface area contributed by atoms with Crippen LogP contribution in [0.3, 0.4) is 0 Å². The summed E-state index contributed by atoms with van der Waals surface area (Å²) < 4.78 is 4.47. The molecule has 0 nitrogen and oxygen atoms in total. The Bertz CT molecular complexity index is 1950. The first-order valence-corrected chi connectivity index (χ1v) is 15.9. The van der Waals surface area contributed by atoms with E-state index >= 15 is 0 Å². The van der Waals surface area contributed by atoms with Crippen molar-refractivity contribution in [2.45, 2.75) is 27.7 Å². The van der Waals surface area contributed by atoms with E-state index in [0.717, 1.165) is 19.0 Å². The Labute approximate surface area is 262 Å². The first-order chi connectivity index (χ1) is 18.1. The van der Waals surface area contributed by atoms with Crippen LogP contribution in [0.25, 0.3) is 54.6 Å². The van der Waals surface area contributed by atoms with E-state index in [0.29, 0.717) is 0 Å². The first-order valence-electron chi connectivity index (χ1n) is 12.4. The Hall–Kier alpha value is -1.73. The van der Waals surface area contributed by atoms with Crippen molar-refractivity contribution in [1.82, 2.24) is 0 Å².